The van der Waals surface area contributed by atoms with E-state index in [4.69, 9.17) is 5.73 Å². The molecule has 0 aromatic heterocycles. The highest BCUT2D eigenvalue weighted by Crippen LogP contribution is 2.30. The average molecular weight is 232 g/mol. The van der Waals surface area contributed by atoms with Crippen molar-refractivity contribution in [1.29, 1.82) is 0 Å². The molecule has 1 aliphatic rings. The first-order valence-corrected chi connectivity index (χ1v) is 6.71. The average Bonchev–Trinajstić information content (AvgIpc) is 2.39. The minimum Gasteiger partial charge on any atom is -0.371 e. The Balaban J connectivity index is 2.19. The first-order chi connectivity index (χ1) is 8.18. The van der Waals surface area contributed by atoms with Gasteiger partial charge in [-0.3, -0.25) is 0 Å². The molecule has 0 amide bonds. The second kappa shape index (κ2) is 5.09. The lowest BCUT2D eigenvalue weighted by Crippen LogP contribution is -2.42. The van der Waals surface area contributed by atoms with Crippen LogP contribution in [-0.4, -0.2) is 19.6 Å². The summed E-state index contributed by atoms with van der Waals surface area (Å²) in [4.78, 5) is 2.52. The molecular weight excluding hydrogens is 208 g/mol. The second-order valence-electron chi connectivity index (χ2n) is 5.52. The molecular formula is C15H24N2. The molecule has 1 aromatic carbocycles. The Morgan fingerprint density at radius 3 is 2.82 bits per heavy atom. The Hall–Kier alpha value is -1.02. The number of nitrogens with two attached hydrogens (primary N) is 1. The van der Waals surface area contributed by atoms with Gasteiger partial charge in [0.25, 0.3) is 0 Å². The Bertz CT molecular complexity index is 369. The van der Waals surface area contributed by atoms with E-state index in [2.05, 4.69) is 43.0 Å². The smallest absolute Gasteiger partial charge is 0.0398 e. The molecule has 0 aliphatic carbocycles. The number of nitrogens with zero attached hydrogens (tertiary/aromatic N) is 1. The molecule has 94 valence electrons. The van der Waals surface area contributed by atoms with E-state index in [1.807, 2.05) is 0 Å². The third kappa shape index (κ3) is 2.63. The van der Waals surface area contributed by atoms with Crippen molar-refractivity contribution >= 4 is 5.69 Å². The fourth-order valence-electron chi connectivity index (χ4n) is 2.56. The zero-order chi connectivity index (χ0) is 12.3. The molecule has 0 saturated carbocycles. The predicted octanol–water partition coefficient (Wildman–Crippen LogP) is 2.81. The van der Waals surface area contributed by atoms with Crippen LogP contribution in [0.1, 0.15) is 32.3 Å². The Morgan fingerprint density at radius 1 is 1.35 bits per heavy atom. The van der Waals surface area contributed by atoms with E-state index in [9.17, 15) is 0 Å². The van der Waals surface area contributed by atoms with E-state index in [0.717, 1.165) is 19.5 Å². The molecule has 0 fully saturated rings. The highest BCUT2D eigenvalue weighted by Gasteiger charge is 2.26. The molecule has 1 atom stereocenters. The highest BCUT2D eigenvalue weighted by atomic mass is 15.1. The number of hydrogen-bond donors (Lipinski definition) is 1. The zero-order valence-corrected chi connectivity index (χ0v) is 11.1. The van der Waals surface area contributed by atoms with Gasteiger partial charge in [0.15, 0.2) is 0 Å². The second-order valence-corrected chi connectivity index (χ2v) is 5.52. The summed E-state index contributed by atoms with van der Waals surface area (Å²) in [5.74, 6) is 0. The molecule has 0 saturated heterocycles. The number of benzene rings is 1. The lowest BCUT2D eigenvalue weighted by atomic mass is 9.86. The third-order valence-corrected chi connectivity index (χ3v) is 4.13. The molecule has 2 rings (SSSR count). The summed E-state index contributed by atoms with van der Waals surface area (Å²) in [6, 6.07) is 8.79. The molecule has 0 bridgehead atoms. The number of aryl methyl sites for hydroxylation is 1. The van der Waals surface area contributed by atoms with Gasteiger partial charge in [0, 0.05) is 18.8 Å². The number of rotatable bonds is 4. The van der Waals surface area contributed by atoms with Crippen LogP contribution in [0.2, 0.25) is 0 Å². The van der Waals surface area contributed by atoms with Crippen LogP contribution in [-0.2, 0) is 6.42 Å². The lowest BCUT2D eigenvalue weighted by Gasteiger charge is -2.38. The van der Waals surface area contributed by atoms with Crippen LogP contribution >= 0.6 is 0 Å². The fraction of sp³-hybridized carbons (Fsp3) is 0.600. The summed E-state index contributed by atoms with van der Waals surface area (Å²) in [5.41, 5.74) is 9.09. The maximum atomic E-state index is 5.93. The van der Waals surface area contributed by atoms with Gasteiger partial charge in [-0.2, -0.15) is 0 Å². The van der Waals surface area contributed by atoms with Gasteiger partial charge < -0.3 is 10.6 Å². The van der Waals surface area contributed by atoms with Crippen LogP contribution in [0.15, 0.2) is 24.3 Å². The summed E-state index contributed by atoms with van der Waals surface area (Å²) in [5, 5.41) is 0. The van der Waals surface area contributed by atoms with Crippen molar-refractivity contribution < 1.29 is 0 Å². The van der Waals surface area contributed by atoms with Gasteiger partial charge in [0.2, 0.25) is 0 Å². The molecule has 0 spiro atoms. The Kier molecular flexibility index (Phi) is 3.72. The van der Waals surface area contributed by atoms with E-state index in [1.165, 1.54) is 30.6 Å². The van der Waals surface area contributed by atoms with Crippen molar-refractivity contribution in [3.63, 3.8) is 0 Å². The largest absolute Gasteiger partial charge is 0.371 e. The van der Waals surface area contributed by atoms with Gasteiger partial charge in [0.05, 0.1) is 0 Å². The van der Waals surface area contributed by atoms with Crippen molar-refractivity contribution in [3.05, 3.63) is 29.8 Å². The molecule has 1 aliphatic heterocycles. The maximum Gasteiger partial charge on any atom is 0.0398 e. The van der Waals surface area contributed by atoms with E-state index in [1.54, 1.807) is 0 Å². The van der Waals surface area contributed by atoms with Crippen LogP contribution in [0.25, 0.3) is 0 Å². The van der Waals surface area contributed by atoms with Crippen molar-refractivity contribution in [3.8, 4) is 0 Å². The molecule has 0 radical (unpaired) electrons. The summed E-state index contributed by atoms with van der Waals surface area (Å²) >= 11 is 0. The molecule has 2 heteroatoms. The van der Waals surface area contributed by atoms with E-state index in [0.29, 0.717) is 0 Å². The van der Waals surface area contributed by atoms with E-state index < -0.39 is 0 Å². The minimum atomic E-state index is 0.241. The predicted molar refractivity (Wildman–Crippen MR) is 74.4 cm³/mol. The topological polar surface area (TPSA) is 29.3 Å². The molecule has 2 N–H and O–H groups in total. The van der Waals surface area contributed by atoms with Gasteiger partial charge in [-0.15, -0.1) is 0 Å². The van der Waals surface area contributed by atoms with Gasteiger partial charge in [-0.25, -0.2) is 0 Å². The lowest BCUT2D eigenvalue weighted by molar-refractivity contribution is 0.322. The summed E-state index contributed by atoms with van der Waals surface area (Å²) in [6.45, 7) is 7.55. The maximum absolute atomic E-state index is 5.93. The monoisotopic (exact) mass is 232 g/mol. The normalized spacial score (nSPS) is 18.6. The van der Waals surface area contributed by atoms with Crippen LogP contribution in [0, 0.1) is 5.41 Å². The van der Waals surface area contributed by atoms with Gasteiger partial charge in [0.1, 0.15) is 0 Å². The standard InChI is InChI=1S/C15H24N2/c1-3-15(2,11-16)12-17-10-6-8-13-7-4-5-9-14(13)17/h4-5,7,9H,3,6,8,10-12,16H2,1-2H3. The first kappa shape index (κ1) is 12.4. The number of hydrogen-bond acceptors (Lipinski definition) is 2. The summed E-state index contributed by atoms with van der Waals surface area (Å²) in [6.07, 6.45) is 3.63. The summed E-state index contributed by atoms with van der Waals surface area (Å²) in [7, 11) is 0. The fourth-order valence-corrected chi connectivity index (χ4v) is 2.56. The van der Waals surface area contributed by atoms with E-state index in [-0.39, 0.29) is 5.41 Å². The van der Waals surface area contributed by atoms with Crippen molar-refractivity contribution in [2.75, 3.05) is 24.5 Å². The van der Waals surface area contributed by atoms with Crippen LogP contribution in [0.3, 0.4) is 0 Å². The van der Waals surface area contributed by atoms with E-state index >= 15 is 0 Å². The molecule has 1 unspecified atom stereocenters. The molecule has 1 aromatic rings. The van der Waals surface area contributed by atoms with Gasteiger partial charge in [-0.05, 0) is 42.9 Å². The molecule has 17 heavy (non-hydrogen) atoms. The molecule has 2 nitrogen and oxygen atoms in total. The van der Waals surface area contributed by atoms with Crippen molar-refractivity contribution in [1.82, 2.24) is 0 Å². The van der Waals surface area contributed by atoms with Gasteiger partial charge in [-0.1, -0.05) is 32.0 Å². The van der Waals surface area contributed by atoms with Crippen molar-refractivity contribution in [2.24, 2.45) is 11.1 Å². The Labute approximate surface area is 105 Å². The number of anilines is 1. The van der Waals surface area contributed by atoms with Gasteiger partial charge >= 0.3 is 0 Å². The SMILES string of the molecule is CCC(C)(CN)CN1CCCc2ccccc21. The number of fused-ring (bicyclic) bond motifs is 1. The highest BCUT2D eigenvalue weighted by molar-refractivity contribution is 5.55. The number of para-hydroxylation sites is 1. The minimum absolute atomic E-state index is 0.241. The van der Waals surface area contributed by atoms with Crippen LogP contribution in [0.4, 0.5) is 5.69 Å². The summed E-state index contributed by atoms with van der Waals surface area (Å²) < 4.78 is 0. The van der Waals surface area contributed by atoms with Crippen LogP contribution < -0.4 is 10.6 Å². The molecule has 1 heterocycles. The van der Waals surface area contributed by atoms with Crippen molar-refractivity contribution in [2.45, 2.75) is 33.1 Å². The quantitative estimate of drug-likeness (QED) is 0.865. The first-order valence-electron chi connectivity index (χ1n) is 6.71. The third-order valence-electron chi connectivity index (χ3n) is 4.13. The Morgan fingerprint density at radius 2 is 2.12 bits per heavy atom. The zero-order valence-electron chi connectivity index (χ0n) is 11.1. The van der Waals surface area contributed by atoms with Crippen LogP contribution in [0.5, 0.6) is 0 Å².